The zero-order valence-electron chi connectivity index (χ0n) is 14.6. The average molecular weight is 313 g/mol. The van der Waals surface area contributed by atoms with Gasteiger partial charge in [0.15, 0.2) is 0 Å². The first-order chi connectivity index (χ1) is 11.2. The molecule has 1 aromatic carbocycles. The van der Waals surface area contributed by atoms with Crippen LogP contribution >= 0.6 is 0 Å². The highest BCUT2D eigenvalue weighted by Gasteiger charge is 2.04. The van der Waals surface area contributed by atoms with Gasteiger partial charge in [-0.3, -0.25) is 0 Å². The summed E-state index contributed by atoms with van der Waals surface area (Å²) in [7, 11) is 0. The first-order valence-electron chi connectivity index (χ1n) is 8.37. The molecule has 2 aromatic rings. The summed E-state index contributed by atoms with van der Waals surface area (Å²) in [4.78, 5) is 11.2. The summed E-state index contributed by atoms with van der Waals surface area (Å²) in [5.74, 6) is 2.43. The van der Waals surface area contributed by atoms with Crippen molar-refractivity contribution in [3.05, 3.63) is 36.2 Å². The number of nitrogens with one attached hydrogen (secondary N) is 2. The van der Waals surface area contributed by atoms with Crippen molar-refractivity contribution >= 4 is 23.0 Å². The molecule has 5 nitrogen and oxygen atoms in total. The van der Waals surface area contributed by atoms with Crippen molar-refractivity contribution in [2.75, 3.05) is 35.2 Å². The number of hydrogen-bond acceptors (Lipinski definition) is 5. The fourth-order valence-electron chi connectivity index (χ4n) is 2.47. The van der Waals surface area contributed by atoms with Gasteiger partial charge in [0.05, 0.1) is 0 Å². The van der Waals surface area contributed by atoms with Gasteiger partial charge in [-0.15, -0.1) is 0 Å². The maximum atomic E-state index is 4.45. The zero-order chi connectivity index (χ0) is 16.7. The fourth-order valence-corrected chi connectivity index (χ4v) is 2.47. The van der Waals surface area contributed by atoms with Crippen LogP contribution in [0, 0.1) is 6.92 Å². The third kappa shape index (κ3) is 4.84. The van der Waals surface area contributed by atoms with Gasteiger partial charge in [-0.05, 0) is 51.5 Å². The lowest BCUT2D eigenvalue weighted by Gasteiger charge is -2.21. The Kier molecular flexibility index (Phi) is 6.20. The molecule has 0 saturated heterocycles. The van der Waals surface area contributed by atoms with E-state index in [9.17, 15) is 0 Å². The van der Waals surface area contributed by atoms with E-state index in [1.54, 1.807) is 0 Å². The van der Waals surface area contributed by atoms with Gasteiger partial charge < -0.3 is 15.5 Å². The number of benzene rings is 1. The van der Waals surface area contributed by atoms with E-state index >= 15 is 0 Å². The largest absolute Gasteiger partial charge is 0.372 e. The van der Waals surface area contributed by atoms with Gasteiger partial charge in [0.25, 0.3) is 0 Å². The molecule has 124 valence electrons. The third-order valence-corrected chi connectivity index (χ3v) is 3.66. The number of nitrogens with zero attached hydrogens (tertiary/aromatic N) is 3. The quantitative estimate of drug-likeness (QED) is 0.765. The van der Waals surface area contributed by atoms with Crippen LogP contribution < -0.4 is 15.5 Å². The molecule has 0 spiro atoms. The predicted molar refractivity (Wildman–Crippen MR) is 98.8 cm³/mol. The second-order valence-electron chi connectivity index (χ2n) is 5.46. The normalized spacial score (nSPS) is 10.4. The van der Waals surface area contributed by atoms with E-state index in [2.05, 4.69) is 70.5 Å². The summed E-state index contributed by atoms with van der Waals surface area (Å²) in [5.41, 5.74) is 2.27. The molecule has 0 fully saturated rings. The van der Waals surface area contributed by atoms with Crippen LogP contribution in [0.4, 0.5) is 23.0 Å². The van der Waals surface area contributed by atoms with Crippen LogP contribution in [-0.4, -0.2) is 29.6 Å². The number of rotatable bonds is 8. The molecule has 0 unspecified atom stereocenters. The Balaban J connectivity index is 2.11. The van der Waals surface area contributed by atoms with E-state index < -0.39 is 0 Å². The van der Waals surface area contributed by atoms with Crippen molar-refractivity contribution in [3.8, 4) is 0 Å². The number of anilines is 4. The highest BCUT2D eigenvalue weighted by atomic mass is 15.1. The van der Waals surface area contributed by atoms with Crippen LogP contribution in [0.5, 0.6) is 0 Å². The molecule has 1 aromatic heterocycles. The Morgan fingerprint density at radius 1 is 0.957 bits per heavy atom. The maximum Gasteiger partial charge on any atom is 0.136 e. The molecule has 0 aliphatic heterocycles. The van der Waals surface area contributed by atoms with E-state index in [4.69, 9.17) is 0 Å². The van der Waals surface area contributed by atoms with Crippen LogP contribution in [0.3, 0.4) is 0 Å². The Hall–Kier alpha value is -2.30. The van der Waals surface area contributed by atoms with E-state index in [-0.39, 0.29) is 0 Å². The number of aromatic nitrogens is 2. The smallest absolute Gasteiger partial charge is 0.136 e. The maximum absolute atomic E-state index is 4.45. The second-order valence-corrected chi connectivity index (χ2v) is 5.46. The molecule has 1 heterocycles. The minimum Gasteiger partial charge on any atom is -0.372 e. The fraction of sp³-hybridized carbons (Fsp3) is 0.444. The molecule has 23 heavy (non-hydrogen) atoms. The van der Waals surface area contributed by atoms with Gasteiger partial charge in [-0.25, -0.2) is 9.97 Å². The van der Waals surface area contributed by atoms with Gasteiger partial charge in [0.2, 0.25) is 0 Å². The molecule has 0 aliphatic carbocycles. The van der Waals surface area contributed by atoms with Crippen molar-refractivity contribution in [2.45, 2.75) is 34.1 Å². The van der Waals surface area contributed by atoms with Crippen LogP contribution in [-0.2, 0) is 0 Å². The molecular formula is C18H27N5. The SMILES string of the molecule is CCCNc1cc(Nc2ccc(N(CC)CC)cc2)nc(C)n1. The van der Waals surface area contributed by atoms with Gasteiger partial charge in [-0.1, -0.05) is 6.92 Å². The van der Waals surface area contributed by atoms with Crippen LogP contribution in [0.2, 0.25) is 0 Å². The van der Waals surface area contributed by atoms with Crippen molar-refractivity contribution in [1.29, 1.82) is 0 Å². The van der Waals surface area contributed by atoms with Crippen LogP contribution in [0.1, 0.15) is 33.0 Å². The lowest BCUT2D eigenvalue weighted by Crippen LogP contribution is -2.21. The molecule has 5 heteroatoms. The highest BCUT2D eigenvalue weighted by Crippen LogP contribution is 2.21. The molecule has 0 radical (unpaired) electrons. The first kappa shape index (κ1) is 17.1. The lowest BCUT2D eigenvalue weighted by molar-refractivity contribution is 0.866. The summed E-state index contributed by atoms with van der Waals surface area (Å²) in [6, 6.07) is 10.4. The van der Waals surface area contributed by atoms with Gasteiger partial charge >= 0.3 is 0 Å². The van der Waals surface area contributed by atoms with Crippen LogP contribution in [0.15, 0.2) is 30.3 Å². The third-order valence-electron chi connectivity index (χ3n) is 3.66. The van der Waals surface area contributed by atoms with Gasteiger partial charge in [0, 0.05) is 37.1 Å². The topological polar surface area (TPSA) is 53.1 Å². The second kappa shape index (κ2) is 8.36. The standard InChI is InChI=1S/C18H27N5/c1-5-12-19-17-13-18(21-14(4)20-17)22-15-8-10-16(11-9-15)23(6-2)7-3/h8-11,13H,5-7,12H2,1-4H3,(H2,19,20,21,22). The van der Waals surface area contributed by atoms with Crippen LogP contribution in [0.25, 0.3) is 0 Å². The molecule has 0 aliphatic rings. The van der Waals surface area contributed by atoms with Gasteiger partial charge in [0.1, 0.15) is 17.5 Å². The van der Waals surface area contributed by atoms with Crippen molar-refractivity contribution < 1.29 is 0 Å². The molecule has 0 bridgehead atoms. The molecule has 2 rings (SSSR count). The van der Waals surface area contributed by atoms with Crippen molar-refractivity contribution in [2.24, 2.45) is 0 Å². The molecule has 0 saturated carbocycles. The number of aryl methyl sites for hydroxylation is 1. The predicted octanol–water partition coefficient (Wildman–Crippen LogP) is 4.20. The minimum atomic E-state index is 0.758. The van der Waals surface area contributed by atoms with Crippen molar-refractivity contribution in [1.82, 2.24) is 9.97 Å². The monoisotopic (exact) mass is 313 g/mol. The first-order valence-corrected chi connectivity index (χ1v) is 8.37. The summed E-state index contributed by atoms with van der Waals surface area (Å²) >= 11 is 0. The lowest BCUT2D eigenvalue weighted by atomic mass is 10.2. The summed E-state index contributed by atoms with van der Waals surface area (Å²) in [6.45, 7) is 11.3. The van der Waals surface area contributed by atoms with Crippen molar-refractivity contribution in [3.63, 3.8) is 0 Å². The Morgan fingerprint density at radius 3 is 2.22 bits per heavy atom. The van der Waals surface area contributed by atoms with E-state index in [0.717, 1.165) is 49.2 Å². The molecule has 2 N–H and O–H groups in total. The molecular weight excluding hydrogens is 286 g/mol. The zero-order valence-corrected chi connectivity index (χ0v) is 14.6. The highest BCUT2D eigenvalue weighted by molar-refractivity contribution is 5.62. The summed E-state index contributed by atoms with van der Waals surface area (Å²) in [5, 5.41) is 6.66. The van der Waals surface area contributed by atoms with E-state index in [0.29, 0.717) is 0 Å². The molecule has 0 amide bonds. The van der Waals surface area contributed by atoms with E-state index in [1.807, 2.05) is 13.0 Å². The molecule has 0 atom stereocenters. The number of hydrogen-bond donors (Lipinski definition) is 2. The summed E-state index contributed by atoms with van der Waals surface area (Å²) in [6.07, 6.45) is 1.07. The summed E-state index contributed by atoms with van der Waals surface area (Å²) < 4.78 is 0. The Morgan fingerprint density at radius 2 is 1.61 bits per heavy atom. The Labute approximate surface area is 139 Å². The van der Waals surface area contributed by atoms with E-state index in [1.165, 1.54) is 5.69 Å². The Bertz CT molecular complexity index is 605. The van der Waals surface area contributed by atoms with Gasteiger partial charge in [-0.2, -0.15) is 0 Å². The average Bonchev–Trinajstić information content (AvgIpc) is 2.55. The minimum absolute atomic E-state index is 0.758.